The number of carbonyl (C=O) groups is 3. The Hall–Kier alpha value is -1.79. The number of carbonyl (C=O) groups excluding carboxylic acids is 3. The minimum Gasteiger partial charge on any atom is -0.468 e. The monoisotopic (exact) mass is 319 g/mol. The minimum absolute atomic E-state index is 0.170. The van der Waals surface area contributed by atoms with Gasteiger partial charge in [0, 0.05) is 6.04 Å². The standard InChI is InChI=1S/C12H23NO4.C3H6O2/c1-6-9(8-10(14)16-7-2)13-11(15)17-12(3,4)5;1-2-5-3-4/h9H,6-8H2,1-5H3,(H,13,15);3H,2H2,1H3. The maximum absolute atomic E-state index is 11.5. The van der Waals surface area contributed by atoms with E-state index in [-0.39, 0.29) is 18.4 Å². The number of ether oxygens (including phenoxy) is 3. The molecule has 1 atom stereocenters. The molecule has 1 amide bonds. The van der Waals surface area contributed by atoms with Gasteiger partial charge in [0.1, 0.15) is 5.60 Å². The van der Waals surface area contributed by atoms with Crippen molar-refractivity contribution in [2.24, 2.45) is 0 Å². The molecular formula is C15H29NO6. The summed E-state index contributed by atoms with van der Waals surface area (Å²) in [7, 11) is 0. The van der Waals surface area contributed by atoms with E-state index in [1.807, 2.05) is 6.92 Å². The molecule has 0 aliphatic carbocycles. The highest BCUT2D eigenvalue weighted by Gasteiger charge is 2.20. The van der Waals surface area contributed by atoms with E-state index in [1.54, 1.807) is 34.6 Å². The van der Waals surface area contributed by atoms with Crippen molar-refractivity contribution in [1.29, 1.82) is 0 Å². The van der Waals surface area contributed by atoms with Gasteiger partial charge in [-0.3, -0.25) is 9.59 Å². The molecule has 0 radical (unpaired) electrons. The van der Waals surface area contributed by atoms with E-state index in [2.05, 4.69) is 10.1 Å². The van der Waals surface area contributed by atoms with Crippen LogP contribution in [0.2, 0.25) is 0 Å². The van der Waals surface area contributed by atoms with E-state index in [0.717, 1.165) is 0 Å². The molecule has 7 nitrogen and oxygen atoms in total. The molecule has 0 heterocycles. The van der Waals surface area contributed by atoms with Crippen LogP contribution in [-0.4, -0.2) is 43.4 Å². The van der Waals surface area contributed by atoms with Gasteiger partial charge in [0.05, 0.1) is 19.6 Å². The number of rotatable bonds is 7. The molecule has 1 unspecified atom stereocenters. The number of alkyl carbamates (subject to hydrolysis) is 1. The summed E-state index contributed by atoms with van der Waals surface area (Å²) < 4.78 is 14.1. The van der Waals surface area contributed by atoms with Gasteiger partial charge in [-0.15, -0.1) is 0 Å². The van der Waals surface area contributed by atoms with Crippen LogP contribution in [0.4, 0.5) is 4.79 Å². The molecule has 0 aromatic carbocycles. The summed E-state index contributed by atoms with van der Waals surface area (Å²) >= 11 is 0. The van der Waals surface area contributed by atoms with Crippen LogP contribution in [0.1, 0.15) is 54.4 Å². The average Bonchev–Trinajstić information content (AvgIpc) is 2.37. The zero-order valence-corrected chi connectivity index (χ0v) is 14.4. The zero-order chi connectivity index (χ0) is 17.6. The van der Waals surface area contributed by atoms with Gasteiger partial charge in [-0.25, -0.2) is 4.79 Å². The number of nitrogens with one attached hydrogen (secondary N) is 1. The van der Waals surface area contributed by atoms with Gasteiger partial charge in [0.2, 0.25) is 0 Å². The van der Waals surface area contributed by atoms with Crippen LogP contribution in [0.3, 0.4) is 0 Å². The first-order valence-corrected chi connectivity index (χ1v) is 7.40. The van der Waals surface area contributed by atoms with E-state index in [9.17, 15) is 14.4 Å². The highest BCUT2D eigenvalue weighted by atomic mass is 16.6. The minimum atomic E-state index is -0.535. The number of esters is 1. The van der Waals surface area contributed by atoms with Gasteiger partial charge >= 0.3 is 12.1 Å². The van der Waals surface area contributed by atoms with Crippen molar-refractivity contribution >= 4 is 18.5 Å². The predicted octanol–water partition coefficient (Wildman–Crippen LogP) is 2.42. The molecule has 22 heavy (non-hydrogen) atoms. The molecular weight excluding hydrogens is 290 g/mol. The van der Waals surface area contributed by atoms with Crippen LogP contribution in [-0.2, 0) is 23.8 Å². The summed E-state index contributed by atoms with van der Waals surface area (Å²) in [6.45, 7) is 12.0. The molecule has 0 fully saturated rings. The fourth-order valence-electron chi connectivity index (χ4n) is 1.26. The lowest BCUT2D eigenvalue weighted by Gasteiger charge is -2.22. The quantitative estimate of drug-likeness (QED) is 0.440. The largest absolute Gasteiger partial charge is 0.468 e. The van der Waals surface area contributed by atoms with E-state index >= 15 is 0 Å². The van der Waals surface area contributed by atoms with Crippen molar-refractivity contribution in [3.8, 4) is 0 Å². The van der Waals surface area contributed by atoms with Crippen molar-refractivity contribution in [2.75, 3.05) is 13.2 Å². The van der Waals surface area contributed by atoms with Crippen LogP contribution in [0.5, 0.6) is 0 Å². The molecule has 0 saturated carbocycles. The Bertz CT molecular complexity index is 324. The van der Waals surface area contributed by atoms with Gasteiger partial charge in [0.25, 0.3) is 6.47 Å². The fourth-order valence-corrected chi connectivity index (χ4v) is 1.26. The van der Waals surface area contributed by atoms with Gasteiger partial charge in [-0.1, -0.05) is 6.92 Å². The van der Waals surface area contributed by atoms with E-state index in [0.29, 0.717) is 26.1 Å². The van der Waals surface area contributed by atoms with Crippen LogP contribution in [0.25, 0.3) is 0 Å². The Kier molecular flexibility index (Phi) is 13.2. The van der Waals surface area contributed by atoms with Crippen molar-refractivity contribution in [1.82, 2.24) is 5.32 Å². The molecule has 0 rings (SSSR count). The summed E-state index contributed by atoms with van der Waals surface area (Å²) in [6.07, 6.45) is 0.315. The van der Waals surface area contributed by atoms with Crippen LogP contribution < -0.4 is 5.32 Å². The Morgan fingerprint density at radius 2 is 1.73 bits per heavy atom. The number of hydrogen-bond acceptors (Lipinski definition) is 6. The molecule has 130 valence electrons. The molecule has 7 heteroatoms. The summed E-state index contributed by atoms with van der Waals surface area (Å²) in [4.78, 5) is 31.9. The Morgan fingerprint density at radius 1 is 1.14 bits per heavy atom. The Morgan fingerprint density at radius 3 is 2.05 bits per heavy atom. The second-order valence-electron chi connectivity index (χ2n) is 5.31. The van der Waals surface area contributed by atoms with E-state index in [4.69, 9.17) is 9.47 Å². The highest BCUT2D eigenvalue weighted by molar-refractivity contribution is 5.72. The Labute approximate surface area is 132 Å². The fraction of sp³-hybridized carbons (Fsp3) is 0.800. The lowest BCUT2D eigenvalue weighted by Crippen LogP contribution is -2.40. The first-order valence-electron chi connectivity index (χ1n) is 7.40. The van der Waals surface area contributed by atoms with Crippen LogP contribution in [0.15, 0.2) is 0 Å². The molecule has 0 aliphatic heterocycles. The third-order valence-corrected chi connectivity index (χ3v) is 2.17. The first kappa shape index (κ1) is 22.5. The molecule has 0 aromatic heterocycles. The van der Waals surface area contributed by atoms with E-state index in [1.165, 1.54) is 0 Å². The van der Waals surface area contributed by atoms with Crippen molar-refractivity contribution < 1.29 is 28.6 Å². The molecule has 0 saturated heterocycles. The third kappa shape index (κ3) is 16.3. The zero-order valence-electron chi connectivity index (χ0n) is 14.4. The van der Waals surface area contributed by atoms with Gasteiger partial charge in [-0.05, 0) is 41.0 Å². The lowest BCUT2D eigenvalue weighted by molar-refractivity contribution is -0.143. The number of amides is 1. The van der Waals surface area contributed by atoms with Crippen molar-refractivity contribution in [3.63, 3.8) is 0 Å². The second-order valence-corrected chi connectivity index (χ2v) is 5.31. The predicted molar refractivity (Wildman–Crippen MR) is 82.4 cm³/mol. The average molecular weight is 319 g/mol. The molecule has 1 N–H and O–H groups in total. The van der Waals surface area contributed by atoms with E-state index < -0.39 is 11.7 Å². The molecule has 0 aromatic rings. The molecule has 0 bridgehead atoms. The smallest absolute Gasteiger partial charge is 0.407 e. The van der Waals surface area contributed by atoms with Crippen LogP contribution in [0, 0.1) is 0 Å². The van der Waals surface area contributed by atoms with Gasteiger partial charge < -0.3 is 19.5 Å². The summed E-state index contributed by atoms with van der Waals surface area (Å²) in [6, 6.07) is -0.246. The summed E-state index contributed by atoms with van der Waals surface area (Å²) in [5, 5.41) is 2.65. The SMILES string of the molecule is CCOC(=O)CC(CC)NC(=O)OC(C)(C)C.CCOC=O. The van der Waals surface area contributed by atoms with Gasteiger partial charge in [0.15, 0.2) is 0 Å². The first-order chi connectivity index (χ1) is 10.2. The maximum Gasteiger partial charge on any atom is 0.407 e. The maximum atomic E-state index is 11.5. The molecule has 0 spiro atoms. The number of hydrogen-bond donors (Lipinski definition) is 1. The summed E-state index contributed by atoms with van der Waals surface area (Å²) in [5.74, 6) is -0.310. The molecule has 0 aliphatic rings. The van der Waals surface area contributed by atoms with Gasteiger partial charge in [-0.2, -0.15) is 0 Å². The van der Waals surface area contributed by atoms with Crippen molar-refractivity contribution in [2.45, 2.75) is 66.0 Å². The highest BCUT2D eigenvalue weighted by Crippen LogP contribution is 2.08. The van der Waals surface area contributed by atoms with Crippen LogP contribution >= 0.6 is 0 Å². The lowest BCUT2D eigenvalue weighted by atomic mass is 10.1. The third-order valence-electron chi connectivity index (χ3n) is 2.17. The topological polar surface area (TPSA) is 90.9 Å². The summed E-state index contributed by atoms with van der Waals surface area (Å²) in [5.41, 5.74) is -0.535. The van der Waals surface area contributed by atoms with Crippen molar-refractivity contribution in [3.05, 3.63) is 0 Å². The normalized spacial score (nSPS) is 11.4. The Balaban J connectivity index is 0. The second kappa shape index (κ2) is 12.9.